The number of hydrogen-bond donors (Lipinski definition) is 2. The third kappa shape index (κ3) is 3.83. The first kappa shape index (κ1) is 19.0. The van der Waals surface area contributed by atoms with Crippen LogP contribution in [0.3, 0.4) is 0 Å². The normalized spacial score (nSPS) is 19.3. The molecule has 1 atom stereocenters. The van der Waals surface area contributed by atoms with Gasteiger partial charge in [-0.2, -0.15) is 0 Å². The Bertz CT molecular complexity index is 848. The summed E-state index contributed by atoms with van der Waals surface area (Å²) < 4.78 is 5.85. The quantitative estimate of drug-likeness (QED) is 0.849. The first-order valence-electron chi connectivity index (χ1n) is 9.10. The molecule has 0 spiro atoms. The maximum Gasteiger partial charge on any atom is 0.281 e. The molecule has 2 aromatic carbocycles. The van der Waals surface area contributed by atoms with E-state index in [2.05, 4.69) is 25.9 Å². The molecule has 2 N–H and O–H groups in total. The van der Waals surface area contributed by atoms with Crippen LogP contribution in [0.5, 0.6) is 5.75 Å². The molecule has 0 saturated carbocycles. The molecule has 1 aliphatic heterocycles. The number of aliphatic hydroxyl groups is 1. The predicted molar refractivity (Wildman–Crippen MR) is 105 cm³/mol. The van der Waals surface area contributed by atoms with Crippen molar-refractivity contribution in [2.45, 2.75) is 38.8 Å². The lowest BCUT2D eigenvalue weighted by Gasteiger charge is -2.32. The highest BCUT2D eigenvalue weighted by Crippen LogP contribution is 2.36. The molecular formula is C22H26N2O3. The summed E-state index contributed by atoms with van der Waals surface area (Å²) in [6.45, 7) is 9.84. The molecule has 2 aromatic rings. The van der Waals surface area contributed by atoms with Crippen molar-refractivity contribution in [1.29, 1.82) is 0 Å². The predicted octanol–water partition coefficient (Wildman–Crippen LogP) is 3.59. The third-order valence-electron chi connectivity index (χ3n) is 4.73. The van der Waals surface area contributed by atoms with E-state index in [9.17, 15) is 9.90 Å². The Morgan fingerprint density at radius 2 is 2.00 bits per heavy atom. The number of aryl methyl sites for hydroxylation is 1. The van der Waals surface area contributed by atoms with Gasteiger partial charge in [-0.05, 0) is 30.0 Å². The van der Waals surface area contributed by atoms with Crippen molar-refractivity contribution in [2.24, 2.45) is 0 Å². The summed E-state index contributed by atoms with van der Waals surface area (Å²) in [4.78, 5) is 12.9. The molecule has 0 aromatic heterocycles. The van der Waals surface area contributed by atoms with Gasteiger partial charge in [0.1, 0.15) is 5.75 Å². The van der Waals surface area contributed by atoms with E-state index in [4.69, 9.17) is 4.74 Å². The second-order valence-electron chi connectivity index (χ2n) is 7.29. The van der Waals surface area contributed by atoms with Crippen LogP contribution in [0.25, 0.3) is 0 Å². The molecule has 1 amide bonds. The summed E-state index contributed by atoms with van der Waals surface area (Å²) in [5.41, 5.74) is 4.72. The summed E-state index contributed by atoms with van der Waals surface area (Å²) in [6.07, 6.45) is 0.227. The van der Waals surface area contributed by atoms with Gasteiger partial charge in [0.15, 0.2) is 12.3 Å². The van der Waals surface area contributed by atoms with Crippen molar-refractivity contribution >= 4 is 5.91 Å². The van der Waals surface area contributed by atoms with Crippen LogP contribution in [-0.2, 0) is 10.5 Å². The van der Waals surface area contributed by atoms with Crippen molar-refractivity contribution < 1.29 is 14.6 Å². The standard InChI is InChI=1S/C22H26N2O3/c1-15(2)19-11-10-16(3)12-20(19)27-14-21(25)24-22(26,13-17(4)23-24)18-8-6-5-7-9-18/h5-12,15,23,26H,4,13-14H2,1-3H3/t22-/m1/s1. The lowest BCUT2D eigenvalue weighted by atomic mass is 9.99. The zero-order valence-corrected chi connectivity index (χ0v) is 16.0. The number of amides is 1. The Balaban J connectivity index is 1.80. The van der Waals surface area contributed by atoms with Gasteiger partial charge in [-0.1, -0.05) is 62.9 Å². The van der Waals surface area contributed by atoms with Gasteiger partial charge in [-0.25, -0.2) is 5.01 Å². The van der Waals surface area contributed by atoms with E-state index in [1.165, 1.54) is 5.01 Å². The smallest absolute Gasteiger partial charge is 0.281 e. The fraction of sp³-hybridized carbons (Fsp3) is 0.318. The second kappa shape index (κ2) is 7.45. The minimum atomic E-state index is -1.48. The van der Waals surface area contributed by atoms with E-state index in [1.807, 2.05) is 43.3 Å². The van der Waals surface area contributed by atoms with Crippen LogP contribution >= 0.6 is 0 Å². The number of nitrogens with one attached hydrogen (secondary N) is 1. The van der Waals surface area contributed by atoms with E-state index in [0.717, 1.165) is 11.1 Å². The molecule has 0 unspecified atom stereocenters. The van der Waals surface area contributed by atoms with Crippen LogP contribution in [0.4, 0.5) is 0 Å². The molecule has 0 radical (unpaired) electrons. The van der Waals surface area contributed by atoms with E-state index in [0.29, 0.717) is 17.0 Å². The molecule has 1 fully saturated rings. The molecule has 5 nitrogen and oxygen atoms in total. The summed E-state index contributed by atoms with van der Waals surface area (Å²) in [5.74, 6) is 0.609. The van der Waals surface area contributed by atoms with Gasteiger partial charge in [0, 0.05) is 17.7 Å². The lowest BCUT2D eigenvalue weighted by molar-refractivity contribution is -0.163. The zero-order chi connectivity index (χ0) is 19.6. The summed E-state index contributed by atoms with van der Waals surface area (Å²) >= 11 is 0. The summed E-state index contributed by atoms with van der Waals surface area (Å²) in [5, 5.41) is 12.4. The van der Waals surface area contributed by atoms with Crippen LogP contribution in [0.2, 0.25) is 0 Å². The molecule has 0 bridgehead atoms. The van der Waals surface area contributed by atoms with Crippen LogP contribution in [-0.4, -0.2) is 22.6 Å². The minimum Gasteiger partial charge on any atom is -0.483 e. The molecule has 27 heavy (non-hydrogen) atoms. The molecule has 1 heterocycles. The molecule has 1 saturated heterocycles. The molecule has 1 aliphatic rings. The third-order valence-corrected chi connectivity index (χ3v) is 4.73. The number of hydrazine groups is 1. The number of hydrogen-bond acceptors (Lipinski definition) is 4. The topological polar surface area (TPSA) is 61.8 Å². The fourth-order valence-corrected chi connectivity index (χ4v) is 3.32. The Hall–Kier alpha value is -2.79. The minimum absolute atomic E-state index is 0.182. The highest BCUT2D eigenvalue weighted by Gasteiger charge is 2.45. The number of carbonyl (C=O) groups is 1. The first-order valence-corrected chi connectivity index (χ1v) is 9.10. The SMILES string of the molecule is C=C1C[C@@](O)(c2ccccc2)N(C(=O)COc2cc(C)ccc2C(C)C)N1. The number of nitrogens with zero attached hydrogens (tertiary/aromatic N) is 1. The molecule has 142 valence electrons. The molecule has 0 aliphatic carbocycles. The Morgan fingerprint density at radius 3 is 2.67 bits per heavy atom. The van der Waals surface area contributed by atoms with Crippen LogP contribution in [0.15, 0.2) is 60.8 Å². The average molecular weight is 366 g/mol. The maximum absolute atomic E-state index is 12.9. The van der Waals surface area contributed by atoms with Gasteiger partial charge < -0.3 is 9.84 Å². The van der Waals surface area contributed by atoms with Gasteiger partial charge in [0.25, 0.3) is 5.91 Å². The van der Waals surface area contributed by atoms with Crippen LogP contribution < -0.4 is 10.2 Å². The van der Waals surface area contributed by atoms with E-state index in [1.54, 1.807) is 12.1 Å². The van der Waals surface area contributed by atoms with Crippen LogP contribution in [0.1, 0.15) is 42.9 Å². The highest BCUT2D eigenvalue weighted by molar-refractivity contribution is 5.79. The zero-order valence-electron chi connectivity index (χ0n) is 16.0. The van der Waals surface area contributed by atoms with Crippen molar-refractivity contribution in [3.05, 3.63) is 77.5 Å². The summed E-state index contributed by atoms with van der Waals surface area (Å²) in [7, 11) is 0. The van der Waals surface area contributed by atoms with Crippen molar-refractivity contribution in [3.8, 4) is 5.75 Å². The number of carbonyl (C=O) groups excluding carboxylic acids is 1. The van der Waals surface area contributed by atoms with Gasteiger partial charge >= 0.3 is 0 Å². The van der Waals surface area contributed by atoms with Crippen LogP contribution in [0, 0.1) is 6.92 Å². The highest BCUT2D eigenvalue weighted by atomic mass is 16.5. The van der Waals surface area contributed by atoms with Crippen molar-refractivity contribution in [1.82, 2.24) is 10.4 Å². The van der Waals surface area contributed by atoms with E-state index >= 15 is 0 Å². The average Bonchev–Trinajstić information content (AvgIpc) is 2.96. The second-order valence-corrected chi connectivity index (χ2v) is 7.29. The lowest BCUT2D eigenvalue weighted by Crippen LogP contribution is -2.51. The molecule has 3 rings (SSSR count). The van der Waals surface area contributed by atoms with E-state index in [-0.39, 0.29) is 24.9 Å². The Labute approximate surface area is 160 Å². The largest absolute Gasteiger partial charge is 0.483 e. The van der Waals surface area contributed by atoms with Gasteiger partial charge in [-0.3, -0.25) is 10.2 Å². The van der Waals surface area contributed by atoms with Crippen molar-refractivity contribution in [2.75, 3.05) is 6.61 Å². The number of ether oxygens (including phenoxy) is 1. The number of benzene rings is 2. The number of rotatable bonds is 5. The Kier molecular flexibility index (Phi) is 5.24. The monoisotopic (exact) mass is 366 g/mol. The first-order chi connectivity index (χ1) is 12.8. The van der Waals surface area contributed by atoms with Gasteiger partial charge in [0.05, 0.1) is 0 Å². The van der Waals surface area contributed by atoms with E-state index < -0.39 is 5.72 Å². The van der Waals surface area contributed by atoms with Gasteiger partial charge in [0.2, 0.25) is 0 Å². The fourth-order valence-electron chi connectivity index (χ4n) is 3.32. The van der Waals surface area contributed by atoms with Crippen molar-refractivity contribution in [3.63, 3.8) is 0 Å². The molecule has 5 heteroatoms. The summed E-state index contributed by atoms with van der Waals surface area (Å²) in [6, 6.07) is 15.1. The Morgan fingerprint density at radius 1 is 1.30 bits per heavy atom. The van der Waals surface area contributed by atoms with Gasteiger partial charge in [-0.15, -0.1) is 0 Å². The molecular weight excluding hydrogens is 340 g/mol. The maximum atomic E-state index is 12.9.